The van der Waals surface area contributed by atoms with Crippen molar-refractivity contribution in [3.63, 3.8) is 0 Å². The Morgan fingerprint density at radius 3 is 2.00 bits per heavy atom. The van der Waals surface area contributed by atoms with Gasteiger partial charge < -0.3 is 15.5 Å². The maximum Gasteiger partial charge on any atom is 0.238 e. The smallest absolute Gasteiger partial charge is 0.238 e. The summed E-state index contributed by atoms with van der Waals surface area (Å²) >= 11 is 12.5. The number of nitrogens with one attached hydrogen (secondary N) is 2. The van der Waals surface area contributed by atoms with E-state index in [1.807, 2.05) is 9.80 Å². The number of halogens is 4. The summed E-state index contributed by atoms with van der Waals surface area (Å²) in [6, 6.07) is 14.8. The third kappa shape index (κ3) is 8.75. The van der Waals surface area contributed by atoms with E-state index in [9.17, 15) is 23.2 Å². The molecule has 234 valence electrons. The number of anilines is 3. The van der Waals surface area contributed by atoms with Crippen LogP contribution in [-0.4, -0.2) is 79.8 Å². The third-order valence-electron chi connectivity index (χ3n) is 7.56. The lowest BCUT2D eigenvalue weighted by molar-refractivity contribution is -0.129. The van der Waals surface area contributed by atoms with Crippen LogP contribution in [0.1, 0.15) is 30.1 Å². The molecule has 1 heterocycles. The van der Waals surface area contributed by atoms with Gasteiger partial charge in [0, 0.05) is 50.2 Å². The van der Waals surface area contributed by atoms with Crippen molar-refractivity contribution in [1.29, 1.82) is 0 Å². The van der Waals surface area contributed by atoms with Crippen LogP contribution in [-0.2, 0) is 9.59 Å². The Morgan fingerprint density at radius 2 is 1.48 bits per heavy atom. The lowest BCUT2D eigenvalue weighted by Gasteiger charge is -2.40. The van der Waals surface area contributed by atoms with Gasteiger partial charge in [-0.15, -0.1) is 0 Å². The van der Waals surface area contributed by atoms with Crippen LogP contribution >= 0.6 is 23.2 Å². The predicted octanol–water partition coefficient (Wildman–Crippen LogP) is 5.76. The van der Waals surface area contributed by atoms with Crippen LogP contribution in [0.5, 0.6) is 0 Å². The number of piperazine rings is 1. The van der Waals surface area contributed by atoms with Gasteiger partial charge in [-0.3, -0.25) is 24.2 Å². The number of nitrogens with zero attached hydrogens (tertiary/aromatic N) is 3. The fourth-order valence-electron chi connectivity index (χ4n) is 5.22. The molecule has 1 aliphatic rings. The molecule has 1 atom stereocenters. The standard InChI is InChI=1S/C32H35Cl2F2N5O3/c1-21(42)22-17-27(33)31(28(34)18-22)38-30(43)20-39-15-16-40(29(19-39)32(44)37-2)13-3-4-14-41(25-9-5-23(35)6-10-25)26-11-7-24(36)8-12-26/h5-12,17-18,29H,3-4,13-16,19-20H2,1-2H3,(H,37,44)(H,38,43). The van der Waals surface area contributed by atoms with E-state index in [-0.39, 0.29) is 51.5 Å². The summed E-state index contributed by atoms with van der Waals surface area (Å²) in [6.45, 7) is 4.22. The summed E-state index contributed by atoms with van der Waals surface area (Å²) in [7, 11) is 1.59. The third-order valence-corrected chi connectivity index (χ3v) is 8.15. The molecule has 1 saturated heterocycles. The van der Waals surface area contributed by atoms with Gasteiger partial charge in [-0.05, 0) is 87.0 Å². The lowest BCUT2D eigenvalue weighted by atomic mass is 10.1. The van der Waals surface area contributed by atoms with Gasteiger partial charge in [-0.25, -0.2) is 8.78 Å². The molecule has 0 saturated carbocycles. The van der Waals surface area contributed by atoms with Gasteiger partial charge in [0.15, 0.2) is 5.78 Å². The second-order valence-corrected chi connectivity index (χ2v) is 11.4. The molecule has 0 spiro atoms. The number of ketones is 1. The highest BCUT2D eigenvalue weighted by molar-refractivity contribution is 6.40. The Hall–Kier alpha value is -3.57. The van der Waals surface area contributed by atoms with Crippen molar-refractivity contribution in [1.82, 2.24) is 15.1 Å². The molecule has 2 amide bonds. The van der Waals surface area contributed by atoms with E-state index >= 15 is 0 Å². The van der Waals surface area contributed by atoms with E-state index < -0.39 is 6.04 Å². The van der Waals surface area contributed by atoms with E-state index in [1.54, 1.807) is 31.3 Å². The van der Waals surface area contributed by atoms with Crippen molar-refractivity contribution in [2.24, 2.45) is 0 Å². The van der Waals surface area contributed by atoms with E-state index in [0.717, 1.165) is 24.2 Å². The first-order valence-electron chi connectivity index (χ1n) is 14.3. The molecule has 1 aliphatic heterocycles. The minimum atomic E-state index is -0.450. The number of carbonyl (C=O) groups excluding carboxylic acids is 3. The quantitative estimate of drug-likeness (QED) is 0.192. The van der Waals surface area contributed by atoms with Gasteiger partial charge in [-0.2, -0.15) is 0 Å². The molecule has 3 aromatic carbocycles. The number of rotatable bonds is 12. The zero-order valence-corrected chi connectivity index (χ0v) is 26.1. The van der Waals surface area contributed by atoms with E-state index in [0.29, 0.717) is 38.3 Å². The summed E-state index contributed by atoms with van der Waals surface area (Å²) in [4.78, 5) is 43.4. The Morgan fingerprint density at radius 1 is 0.909 bits per heavy atom. The number of unbranched alkanes of at least 4 members (excludes halogenated alkanes) is 1. The predicted molar refractivity (Wildman–Crippen MR) is 170 cm³/mol. The fraction of sp³-hybridized carbons (Fsp3) is 0.344. The van der Waals surface area contributed by atoms with Crippen LogP contribution in [0.15, 0.2) is 60.7 Å². The Labute approximate surface area is 265 Å². The van der Waals surface area contributed by atoms with Crippen LogP contribution in [0.2, 0.25) is 10.0 Å². The summed E-state index contributed by atoms with van der Waals surface area (Å²) in [5, 5.41) is 5.80. The van der Waals surface area contributed by atoms with Gasteiger partial charge in [0.1, 0.15) is 17.7 Å². The molecule has 1 fully saturated rings. The highest BCUT2D eigenvalue weighted by atomic mass is 35.5. The highest BCUT2D eigenvalue weighted by Gasteiger charge is 2.32. The Balaban J connectivity index is 1.33. The van der Waals surface area contributed by atoms with E-state index in [4.69, 9.17) is 23.2 Å². The highest BCUT2D eigenvalue weighted by Crippen LogP contribution is 2.32. The first-order chi connectivity index (χ1) is 21.0. The van der Waals surface area contributed by atoms with Crippen LogP contribution < -0.4 is 15.5 Å². The van der Waals surface area contributed by atoms with E-state index in [2.05, 4.69) is 15.5 Å². The van der Waals surface area contributed by atoms with Crippen molar-refractivity contribution in [3.8, 4) is 0 Å². The summed E-state index contributed by atoms with van der Waals surface area (Å²) < 4.78 is 27.1. The second-order valence-electron chi connectivity index (χ2n) is 10.6. The number of carbonyl (C=O) groups is 3. The average Bonchev–Trinajstić information content (AvgIpc) is 3.00. The zero-order chi connectivity index (χ0) is 31.8. The molecule has 0 aliphatic carbocycles. The molecule has 8 nitrogen and oxygen atoms in total. The van der Waals surface area contributed by atoms with Crippen molar-refractivity contribution < 1.29 is 23.2 Å². The SMILES string of the molecule is CNC(=O)C1CN(CC(=O)Nc2c(Cl)cc(C(C)=O)cc2Cl)CCN1CCCCN(c1ccc(F)cc1)c1ccc(F)cc1. The van der Waals surface area contributed by atoms with Gasteiger partial charge in [-0.1, -0.05) is 23.2 Å². The monoisotopic (exact) mass is 645 g/mol. The fourth-order valence-corrected chi connectivity index (χ4v) is 5.80. The molecule has 12 heteroatoms. The minimum absolute atomic E-state index is 0.0345. The molecule has 2 N–H and O–H groups in total. The van der Waals surface area contributed by atoms with E-state index in [1.165, 1.54) is 43.3 Å². The lowest BCUT2D eigenvalue weighted by Crippen LogP contribution is -2.59. The van der Waals surface area contributed by atoms with Gasteiger partial charge >= 0.3 is 0 Å². The van der Waals surface area contributed by atoms with Gasteiger partial charge in [0.2, 0.25) is 11.8 Å². The van der Waals surface area contributed by atoms with Gasteiger partial charge in [0.25, 0.3) is 0 Å². The number of Topliss-reactive ketones (excluding diaryl/α,β-unsaturated/α-hetero) is 1. The van der Waals surface area contributed by atoms with Crippen molar-refractivity contribution >= 4 is 57.9 Å². The first kappa shape index (κ1) is 33.3. The molecule has 3 aromatic rings. The zero-order valence-electron chi connectivity index (χ0n) is 24.6. The molecule has 0 aromatic heterocycles. The number of hydrogen-bond acceptors (Lipinski definition) is 6. The number of amides is 2. The molecular weight excluding hydrogens is 611 g/mol. The van der Waals surface area contributed by atoms with Crippen LogP contribution in [0.25, 0.3) is 0 Å². The molecule has 0 radical (unpaired) electrons. The molecule has 44 heavy (non-hydrogen) atoms. The van der Waals surface area contributed by atoms with Crippen LogP contribution in [0.3, 0.4) is 0 Å². The second kappa shape index (κ2) is 15.4. The summed E-state index contributed by atoms with van der Waals surface area (Å²) in [5.74, 6) is -1.33. The molecule has 4 rings (SSSR count). The molecule has 0 bridgehead atoms. The number of benzene rings is 3. The minimum Gasteiger partial charge on any atom is -0.358 e. The normalized spacial score (nSPS) is 15.5. The molecular formula is C32H35Cl2F2N5O3. The molecule has 1 unspecified atom stereocenters. The topological polar surface area (TPSA) is 85.0 Å². The first-order valence-corrected chi connectivity index (χ1v) is 15.1. The van der Waals surface area contributed by atoms with Gasteiger partial charge in [0.05, 0.1) is 22.3 Å². The summed E-state index contributed by atoms with van der Waals surface area (Å²) in [5.41, 5.74) is 2.18. The van der Waals surface area contributed by atoms with Crippen molar-refractivity contribution in [2.45, 2.75) is 25.8 Å². The number of hydrogen-bond donors (Lipinski definition) is 2. The number of likely N-dealkylation sites (N-methyl/N-ethyl adjacent to an activating group) is 1. The maximum atomic E-state index is 13.6. The average molecular weight is 647 g/mol. The Bertz CT molecular complexity index is 1410. The largest absolute Gasteiger partial charge is 0.358 e. The summed E-state index contributed by atoms with van der Waals surface area (Å²) in [6.07, 6.45) is 1.54. The van der Waals surface area contributed by atoms with Crippen molar-refractivity contribution in [3.05, 3.63) is 87.9 Å². The maximum absolute atomic E-state index is 13.6. The van der Waals surface area contributed by atoms with Crippen molar-refractivity contribution in [2.75, 3.05) is 56.5 Å². The Kier molecular flexibility index (Phi) is 11.7. The van der Waals surface area contributed by atoms with Crippen LogP contribution in [0, 0.1) is 11.6 Å². The van der Waals surface area contributed by atoms with Crippen LogP contribution in [0.4, 0.5) is 25.8 Å².